The molecule has 0 radical (unpaired) electrons. The molecular formula is C16H23NO2S. The fraction of sp³-hybridized carbons (Fsp3) is 0.562. The lowest BCUT2D eigenvalue weighted by atomic mass is 10.0. The van der Waals surface area contributed by atoms with Crippen molar-refractivity contribution in [3.05, 3.63) is 23.8 Å². The second kappa shape index (κ2) is 7.02. The lowest BCUT2D eigenvalue weighted by Gasteiger charge is -2.20. The number of rotatable bonds is 4. The molecule has 1 saturated carbocycles. The van der Waals surface area contributed by atoms with Crippen molar-refractivity contribution in [3.8, 4) is 0 Å². The second-order valence-corrected chi connectivity index (χ2v) is 6.49. The third kappa shape index (κ3) is 3.69. The largest absolute Gasteiger partial charge is 0.478 e. The summed E-state index contributed by atoms with van der Waals surface area (Å²) in [4.78, 5) is 12.3. The van der Waals surface area contributed by atoms with Gasteiger partial charge in [-0.25, -0.2) is 4.79 Å². The molecule has 2 atom stereocenters. The molecule has 0 amide bonds. The molecular weight excluding hydrogens is 270 g/mol. The maximum Gasteiger partial charge on any atom is 0.338 e. The van der Waals surface area contributed by atoms with E-state index in [1.54, 1.807) is 0 Å². The Morgan fingerprint density at radius 3 is 2.80 bits per heavy atom. The van der Waals surface area contributed by atoms with Crippen LogP contribution in [0.5, 0.6) is 0 Å². The molecule has 2 unspecified atom stereocenters. The molecule has 2 rings (SSSR count). The first-order valence-electron chi connectivity index (χ1n) is 7.28. The monoisotopic (exact) mass is 293 g/mol. The van der Waals surface area contributed by atoms with Gasteiger partial charge in [0.2, 0.25) is 0 Å². The topological polar surface area (TPSA) is 49.3 Å². The van der Waals surface area contributed by atoms with Crippen molar-refractivity contribution < 1.29 is 9.90 Å². The zero-order chi connectivity index (χ0) is 14.5. The fourth-order valence-corrected chi connectivity index (χ4v) is 3.51. The van der Waals surface area contributed by atoms with E-state index >= 15 is 0 Å². The molecule has 0 aromatic heterocycles. The normalized spacial score (nSPS) is 23.1. The molecule has 20 heavy (non-hydrogen) atoms. The number of hydrogen-bond donors (Lipinski definition) is 2. The Balaban J connectivity index is 2.18. The van der Waals surface area contributed by atoms with Gasteiger partial charge in [0.15, 0.2) is 0 Å². The van der Waals surface area contributed by atoms with Crippen LogP contribution >= 0.6 is 11.8 Å². The van der Waals surface area contributed by atoms with Crippen molar-refractivity contribution in [3.63, 3.8) is 0 Å². The van der Waals surface area contributed by atoms with Gasteiger partial charge in [0.1, 0.15) is 0 Å². The van der Waals surface area contributed by atoms with Crippen LogP contribution in [0.2, 0.25) is 0 Å². The minimum Gasteiger partial charge on any atom is -0.478 e. The van der Waals surface area contributed by atoms with Gasteiger partial charge in [0, 0.05) is 10.9 Å². The number of nitrogens with one attached hydrogen (secondary N) is 1. The highest BCUT2D eigenvalue weighted by atomic mass is 32.2. The van der Waals surface area contributed by atoms with Crippen LogP contribution in [0.4, 0.5) is 5.69 Å². The van der Waals surface area contributed by atoms with Crippen LogP contribution in [-0.4, -0.2) is 23.4 Å². The highest BCUT2D eigenvalue weighted by Crippen LogP contribution is 2.30. The van der Waals surface area contributed by atoms with Gasteiger partial charge in [-0.3, -0.25) is 0 Å². The first-order valence-corrected chi connectivity index (χ1v) is 8.51. The number of carboxylic acids is 1. The van der Waals surface area contributed by atoms with E-state index in [2.05, 4.69) is 12.2 Å². The molecule has 1 aliphatic rings. The summed E-state index contributed by atoms with van der Waals surface area (Å²) in [5.41, 5.74) is 1.18. The van der Waals surface area contributed by atoms with Crippen molar-refractivity contribution in [1.82, 2.24) is 0 Å². The van der Waals surface area contributed by atoms with Gasteiger partial charge in [-0.05, 0) is 43.6 Å². The third-order valence-electron chi connectivity index (χ3n) is 4.08. The summed E-state index contributed by atoms with van der Waals surface area (Å²) in [5.74, 6) is -0.0577. The van der Waals surface area contributed by atoms with Crippen molar-refractivity contribution >= 4 is 23.4 Å². The van der Waals surface area contributed by atoms with Gasteiger partial charge < -0.3 is 10.4 Å². The first-order chi connectivity index (χ1) is 9.61. The Bertz CT molecular complexity index is 476. The minimum absolute atomic E-state index is 0.398. The lowest BCUT2D eigenvalue weighted by molar-refractivity contribution is 0.0694. The molecule has 3 nitrogen and oxygen atoms in total. The quantitative estimate of drug-likeness (QED) is 0.634. The lowest BCUT2D eigenvalue weighted by Crippen LogP contribution is -2.20. The number of benzene rings is 1. The number of carboxylic acid groups (broad SMARTS) is 1. The van der Waals surface area contributed by atoms with Crippen molar-refractivity contribution in [2.75, 3.05) is 11.6 Å². The Hall–Kier alpha value is -1.16. The van der Waals surface area contributed by atoms with Gasteiger partial charge in [-0.1, -0.05) is 25.8 Å². The van der Waals surface area contributed by atoms with Crippen molar-refractivity contribution in [2.45, 2.75) is 50.0 Å². The predicted molar refractivity (Wildman–Crippen MR) is 84.8 cm³/mol. The molecule has 1 fully saturated rings. The third-order valence-corrected chi connectivity index (χ3v) is 4.86. The number of anilines is 1. The molecule has 0 bridgehead atoms. The predicted octanol–water partition coefficient (Wildman–Crippen LogP) is 4.49. The summed E-state index contributed by atoms with van der Waals surface area (Å²) in [5, 5.41) is 12.9. The summed E-state index contributed by atoms with van der Waals surface area (Å²) in [6, 6.07) is 6.08. The minimum atomic E-state index is -0.848. The average Bonchev–Trinajstić information content (AvgIpc) is 2.63. The molecule has 4 heteroatoms. The highest BCUT2D eigenvalue weighted by Gasteiger charge is 2.20. The van der Waals surface area contributed by atoms with Crippen molar-refractivity contribution in [1.29, 1.82) is 0 Å². The van der Waals surface area contributed by atoms with Gasteiger partial charge in [-0.2, -0.15) is 0 Å². The number of hydrogen-bond acceptors (Lipinski definition) is 3. The summed E-state index contributed by atoms with van der Waals surface area (Å²) >= 11 is 1.48. The Labute approximate surface area is 125 Å². The van der Waals surface area contributed by atoms with Gasteiger partial charge in [0.25, 0.3) is 0 Å². The zero-order valence-electron chi connectivity index (χ0n) is 12.2. The van der Waals surface area contributed by atoms with Crippen LogP contribution in [0.25, 0.3) is 0 Å². The van der Waals surface area contributed by atoms with E-state index in [0.717, 1.165) is 29.3 Å². The van der Waals surface area contributed by atoms with E-state index in [0.29, 0.717) is 11.6 Å². The Kier molecular flexibility index (Phi) is 5.35. The highest BCUT2D eigenvalue weighted by molar-refractivity contribution is 7.98. The summed E-state index contributed by atoms with van der Waals surface area (Å²) in [6.45, 7) is 2.30. The smallest absolute Gasteiger partial charge is 0.338 e. The van der Waals surface area contributed by atoms with E-state index in [4.69, 9.17) is 0 Å². The molecule has 1 aromatic rings. The van der Waals surface area contributed by atoms with Gasteiger partial charge in [-0.15, -0.1) is 11.8 Å². The van der Waals surface area contributed by atoms with Crippen LogP contribution in [0, 0.1) is 5.92 Å². The summed E-state index contributed by atoms with van der Waals surface area (Å²) in [6.07, 6.45) is 7.91. The molecule has 0 aliphatic heterocycles. The fourth-order valence-electron chi connectivity index (χ4n) is 2.89. The molecule has 0 saturated heterocycles. The van der Waals surface area contributed by atoms with Crippen LogP contribution in [-0.2, 0) is 0 Å². The average molecular weight is 293 g/mol. The number of thioether (sulfide) groups is 1. The SMILES string of the molecule is CSc1cccc(NC2CCCC(C)CC2)c1C(=O)O. The van der Waals surface area contributed by atoms with Crippen LogP contribution in [0.1, 0.15) is 49.4 Å². The Morgan fingerprint density at radius 1 is 1.30 bits per heavy atom. The van der Waals surface area contributed by atoms with Crippen molar-refractivity contribution in [2.24, 2.45) is 5.92 Å². The first kappa shape index (κ1) is 15.2. The van der Waals surface area contributed by atoms with E-state index in [1.807, 2.05) is 24.5 Å². The van der Waals surface area contributed by atoms with Crippen LogP contribution in [0.3, 0.4) is 0 Å². The Morgan fingerprint density at radius 2 is 2.10 bits per heavy atom. The van der Waals surface area contributed by atoms with Crippen LogP contribution in [0.15, 0.2) is 23.1 Å². The molecule has 0 heterocycles. The van der Waals surface area contributed by atoms with E-state index in [1.165, 1.54) is 31.0 Å². The maximum atomic E-state index is 11.5. The molecule has 1 aromatic carbocycles. The number of carbonyl (C=O) groups is 1. The number of aromatic carboxylic acids is 1. The molecule has 110 valence electrons. The van der Waals surface area contributed by atoms with Gasteiger partial charge >= 0.3 is 5.97 Å². The molecule has 2 N–H and O–H groups in total. The zero-order valence-corrected chi connectivity index (χ0v) is 13.0. The summed E-state index contributed by atoms with van der Waals surface area (Å²) in [7, 11) is 0. The van der Waals surface area contributed by atoms with Gasteiger partial charge in [0.05, 0.1) is 11.3 Å². The second-order valence-electron chi connectivity index (χ2n) is 5.64. The summed E-state index contributed by atoms with van der Waals surface area (Å²) < 4.78 is 0. The standard InChI is InChI=1S/C16H23NO2S/c1-11-5-3-6-12(10-9-11)17-13-7-4-8-14(20-2)15(13)16(18)19/h4,7-8,11-12,17H,3,5-6,9-10H2,1-2H3,(H,18,19). The maximum absolute atomic E-state index is 11.5. The molecule has 0 spiro atoms. The molecule has 1 aliphatic carbocycles. The van der Waals surface area contributed by atoms with E-state index in [9.17, 15) is 9.90 Å². The van der Waals surface area contributed by atoms with Crippen LogP contribution < -0.4 is 5.32 Å². The van der Waals surface area contributed by atoms with E-state index < -0.39 is 5.97 Å². The van der Waals surface area contributed by atoms with E-state index in [-0.39, 0.29) is 0 Å².